The van der Waals surface area contributed by atoms with Crippen LogP contribution in [0.3, 0.4) is 0 Å². The Morgan fingerprint density at radius 1 is 0.953 bits per heavy atom. The van der Waals surface area contributed by atoms with Crippen LogP contribution in [0.15, 0.2) is 91.0 Å². The van der Waals surface area contributed by atoms with Crippen molar-refractivity contribution < 1.29 is 24.2 Å². The van der Waals surface area contributed by atoms with E-state index in [9.17, 15) is 19.5 Å². The zero-order valence-corrected chi connectivity index (χ0v) is 25.7. The van der Waals surface area contributed by atoms with Gasteiger partial charge >= 0.3 is 12.0 Å². The van der Waals surface area contributed by atoms with Gasteiger partial charge in [-0.25, -0.2) is 9.59 Å². The number of amides is 2. The van der Waals surface area contributed by atoms with E-state index < -0.39 is 35.4 Å². The van der Waals surface area contributed by atoms with Gasteiger partial charge in [0.2, 0.25) is 0 Å². The molecule has 0 saturated carbocycles. The van der Waals surface area contributed by atoms with Gasteiger partial charge in [-0.05, 0) is 66.6 Å². The van der Waals surface area contributed by atoms with Crippen LogP contribution in [0.1, 0.15) is 39.7 Å². The summed E-state index contributed by atoms with van der Waals surface area (Å²) in [5, 5.41) is 13.9. The number of carbonyl (C=O) groups excluding carboxylic acids is 2. The van der Waals surface area contributed by atoms with Crippen LogP contribution >= 0.6 is 22.9 Å². The van der Waals surface area contributed by atoms with E-state index in [4.69, 9.17) is 16.3 Å². The Morgan fingerprint density at radius 2 is 1.65 bits per heavy atom. The molecule has 0 spiro atoms. The number of carboxylic acid groups (broad SMARTS) is 1. The molecular formula is C33H32ClN3O5S. The third kappa shape index (κ3) is 5.58. The Bertz CT molecular complexity index is 1640. The number of hydrogen-bond donors (Lipinski definition) is 2. The number of nitrogens with one attached hydrogen (secondary N) is 1. The van der Waals surface area contributed by atoms with Crippen molar-refractivity contribution in [2.45, 2.75) is 24.4 Å². The fourth-order valence-electron chi connectivity index (χ4n) is 6.01. The molecule has 1 saturated heterocycles. The number of nitrogens with zero attached hydrogens (tertiary/aromatic N) is 2. The molecule has 3 aromatic carbocycles. The van der Waals surface area contributed by atoms with Gasteiger partial charge in [-0.1, -0.05) is 54.1 Å². The largest absolute Gasteiger partial charge is 0.497 e. The summed E-state index contributed by atoms with van der Waals surface area (Å²) in [5.41, 5.74) is 0.764. The average molecular weight is 618 g/mol. The van der Waals surface area contributed by atoms with Gasteiger partial charge in [-0.3, -0.25) is 9.69 Å². The van der Waals surface area contributed by atoms with Gasteiger partial charge in [0.05, 0.1) is 28.3 Å². The molecule has 1 fully saturated rings. The van der Waals surface area contributed by atoms with Gasteiger partial charge < -0.3 is 20.1 Å². The Hall–Kier alpha value is -4.34. The molecule has 1 aliphatic rings. The van der Waals surface area contributed by atoms with E-state index in [0.29, 0.717) is 31.8 Å². The van der Waals surface area contributed by atoms with Crippen LogP contribution in [0.2, 0.25) is 4.34 Å². The lowest BCUT2D eigenvalue weighted by Gasteiger charge is -2.37. The zero-order chi connectivity index (χ0) is 30.9. The molecule has 2 N–H and O–H groups in total. The van der Waals surface area contributed by atoms with Crippen molar-refractivity contribution in [2.75, 3.05) is 31.4 Å². The van der Waals surface area contributed by atoms with Gasteiger partial charge in [0.15, 0.2) is 5.78 Å². The number of carbonyl (C=O) groups is 3. The topological polar surface area (TPSA) is 99.2 Å². The number of hydrogen-bond acceptors (Lipinski definition) is 6. The maximum Gasteiger partial charge on any atom is 0.330 e. The molecule has 4 unspecified atom stereocenters. The van der Waals surface area contributed by atoms with Gasteiger partial charge in [-0.15, -0.1) is 11.3 Å². The number of halogens is 1. The van der Waals surface area contributed by atoms with Gasteiger partial charge in [0.25, 0.3) is 0 Å². The number of methoxy groups -OCH3 is 1. The number of urea groups is 1. The average Bonchev–Trinajstić information content (AvgIpc) is 3.56. The summed E-state index contributed by atoms with van der Waals surface area (Å²) in [6.45, 7) is 1.51. The lowest BCUT2D eigenvalue weighted by Crippen LogP contribution is -2.55. The van der Waals surface area contributed by atoms with Crippen molar-refractivity contribution in [3.63, 3.8) is 0 Å². The first-order valence-electron chi connectivity index (χ1n) is 13.7. The molecular weight excluding hydrogens is 586 g/mol. The van der Waals surface area contributed by atoms with Gasteiger partial charge in [-0.2, -0.15) is 0 Å². The molecule has 10 heteroatoms. The normalized spacial score (nSPS) is 21.3. The van der Waals surface area contributed by atoms with Crippen LogP contribution in [0.5, 0.6) is 5.75 Å². The van der Waals surface area contributed by atoms with Crippen molar-refractivity contribution in [3.8, 4) is 5.75 Å². The van der Waals surface area contributed by atoms with Gasteiger partial charge in [0, 0.05) is 31.4 Å². The molecule has 43 heavy (non-hydrogen) atoms. The number of thiophene rings is 1. The summed E-state index contributed by atoms with van der Waals surface area (Å²) in [4.78, 5) is 46.0. The van der Waals surface area contributed by atoms with Crippen LogP contribution in [0.4, 0.5) is 16.2 Å². The van der Waals surface area contributed by atoms with Crippen LogP contribution in [0, 0.1) is 5.92 Å². The maximum absolute atomic E-state index is 14.6. The van der Waals surface area contributed by atoms with Crippen molar-refractivity contribution in [2.24, 2.45) is 5.92 Å². The fraction of sp³-hybridized carbons (Fsp3) is 0.242. The molecule has 4 atom stereocenters. The number of rotatable bonds is 8. The van der Waals surface area contributed by atoms with E-state index in [1.807, 2.05) is 49.3 Å². The Morgan fingerprint density at radius 3 is 2.23 bits per heavy atom. The molecule has 222 valence electrons. The van der Waals surface area contributed by atoms with E-state index in [2.05, 4.69) is 5.32 Å². The molecule has 4 aromatic rings. The smallest absolute Gasteiger partial charge is 0.330 e. The number of carboxylic acids is 1. The quantitative estimate of drug-likeness (QED) is 0.203. The first-order valence-corrected chi connectivity index (χ1v) is 14.8. The Labute approximate surface area is 259 Å². The van der Waals surface area contributed by atoms with E-state index in [-0.39, 0.29) is 5.78 Å². The van der Waals surface area contributed by atoms with Crippen molar-refractivity contribution in [3.05, 3.63) is 111 Å². The monoisotopic (exact) mass is 617 g/mol. The number of para-hydroxylation sites is 1. The molecule has 0 aliphatic carbocycles. The highest BCUT2D eigenvalue weighted by Gasteiger charge is 2.65. The highest BCUT2D eigenvalue weighted by atomic mass is 35.5. The number of Topliss-reactive ketones (excluding diaryl/α,β-unsaturated/α-hetero) is 1. The number of aliphatic carboxylic acids is 1. The van der Waals surface area contributed by atoms with Crippen LogP contribution in [-0.2, 0) is 4.79 Å². The minimum atomic E-state index is -1.85. The van der Waals surface area contributed by atoms with Crippen LogP contribution in [0.25, 0.3) is 0 Å². The molecule has 1 aliphatic heterocycles. The van der Waals surface area contributed by atoms with Crippen LogP contribution in [-0.4, -0.2) is 54.5 Å². The molecule has 0 bridgehead atoms. The highest BCUT2D eigenvalue weighted by Crippen LogP contribution is 2.57. The minimum absolute atomic E-state index is 0.297. The van der Waals surface area contributed by atoms with Crippen molar-refractivity contribution in [1.29, 1.82) is 0 Å². The summed E-state index contributed by atoms with van der Waals surface area (Å²) >= 11 is 7.39. The predicted octanol–water partition coefficient (Wildman–Crippen LogP) is 7.19. The SMILES string of the molecule is COc1cccc(C2C(C(=O)c3ccc(Cl)s3)C(c3ccc(N(C)C)cc3)N(C(=O)Nc3ccccc3)C2(C)C(=O)O)c1. The molecule has 2 heterocycles. The molecule has 2 amide bonds. The van der Waals surface area contributed by atoms with Crippen LogP contribution < -0.4 is 15.0 Å². The van der Waals surface area contributed by atoms with E-state index in [1.54, 1.807) is 60.7 Å². The van der Waals surface area contributed by atoms with E-state index >= 15 is 0 Å². The van der Waals surface area contributed by atoms with Crippen molar-refractivity contribution in [1.82, 2.24) is 4.90 Å². The summed E-state index contributed by atoms with van der Waals surface area (Å²) in [7, 11) is 5.35. The molecule has 5 rings (SSSR count). The predicted molar refractivity (Wildman–Crippen MR) is 170 cm³/mol. The first-order chi connectivity index (χ1) is 20.6. The highest BCUT2D eigenvalue weighted by molar-refractivity contribution is 7.18. The standard InChI is InChI=1S/C33H32ClN3O5S/c1-33(31(39)40)28(21-9-8-12-24(19-21)42-4)27(30(38)25-17-18-26(34)43-25)29(20-13-15-23(16-14-20)36(2)3)37(33)32(41)35-22-10-6-5-7-11-22/h5-19,27-29H,1-4H3,(H,35,41)(H,39,40). The second-order valence-electron chi connectivity index (χ2n) is 10.8. The third-order valence-electron chi connectivity index (χ3n) is 8.08. The second kappa shape index (κ2) is 12.1. The summed E-state index contributed by atoms with van der Waals surface area (Å²) in [6.07, 6.45) is 0. The van der Waals surface area contributed by atoms with E-state index in [0.717, 1.165) is 17.0 Å². The van der Waals surface area contributed by atoms with Gasteiger partial charge in [0.1, 0.15) is 11.3 Å². The number of ether oxygens (including phenoxy) is 1. The second-order valence-corrected chi connectivity index (χ2v) is 12.5. The summed E-state index contributed by atoms with van der Waals surface area (Å²) in [5.74, 6) is -2.95. The first kappa shape index (κ1) is 30.1. The van der Waals surface area contributed by atoms with Crippen molar-refractivity contribution >= 4 is 52.1 Å². The maximum atomic E-state index is 14.6. The molecule has 0 radical (unpaired) electrons. The molecule has 1 aromatic heterocycles. The number of anilines is 2. The molecule has 8 nitrogen and oxygen atoms in total. The lowest BCUT2D eigenvalue weighted by atomic mass is 9.72. The number of benzene rings is 3. The summed E-state index contributed by atoms with van der Waals surface area (Å²) < 4.78 is 5.92. The van der Waals surface area contributed by atoms with E-state index in [1.165, 1.54) is 18.9 Å². The number of ketones is 1. The Balaban J connectivity index is 1.78. The summed E-state index contributed by atoms with van der Waals surface area (Å²) in [6, 6.07) is 25.0. The lowest BCUT2D eigenvalue weighted by molar-refractivity contribution is -0.148. The fourth-order valence-corrected chi connectivity index (χ4v) is 7.04. The minimum Gasteiger partial charge on any atom is -0.497 e. The number of likely N-dealkylation sites (tertiary alicyclic amines) is 1. The Kier molecular flexibility index (Phi) is 8.48. The third-order valence-corrected chi connectivity index (χ3v) is 9.33. The zero-order valence-electron chi connectivity index (χ0n) is 24.2.